The SMILES string of the molecule is CCCCCCCCCCCCCSc1cccc(C=O)c1. The molecule has 1 aromatic rings. The van der Waals surface area contributed by atoms with E-state index in [1.54, 1.807) is 0 Å². The van der Waals surface area contributed by atoms with Crippen LogP contribution in [0.25, 0.3) is 0 Å². The second kappa shape index (κ2) is 13.9. The fourth-order valence-electron chi connectivity index (χ4n) is 2.63. The number of benzene rings is 1. The molecule has 0 aliphatic carbocycles. The summed E-state index contributed by atoms with van der Waals surface area (Å²) >= 11 is 1.87. The predicted molar refractivity (Wildman–Crippen MR) is 99.0 cm³/mol. The van der Waals surface area contributed by atoms with Gasteiger partial charge in [0.15, 0.2) is 0 Å². The zero-order valence-electron chi connectivity index (χ0n) is 14.2. The molecule has 0 saturated heterocycles. The van der Waals surface area contributed by atoms with Crippen LogP contribution in [-0.4, -0.2) is 12.0 Å². The van der Waals surface area contributed by atoms with E-state index in [0.717, 1.165) is 11.8 Å². The van der Waals surface area contributed by atoms with E-state index in [4.69, 9.17) is 0 Å². The van der Waals surface area contributed by atoms with Gasteiger partial charge in [-0.15, -0.1) is 11.8 Å². The van der Waals surface area contributed by atoms with Crippen LogP contribution in [0.1, 0.15) is 87.9 Å². The summed E-state index contributed by atoms with van der Waals surface area (Å²) < 4.78 is 0. The van der Waals surface area contributed by atoms with Gasteiger partial charge in [0.2, 0.25) is 0 Å². The van der Waals surface area contributed by atoms with Crippen molar-refractivity contribution in [2.45, 2.75) is 82.4 Å². The van der Waals surface area contributed by atoms with E-state index in [-0.39, 0.29) is 0 Å². The van der Waals surface area contributed by atoms with Crippen molar-refractivity contribution in [3.05, 3.63) is 29.8 Å². The maximum absolute atomic E-state index is 10.7. The second-order valence-corrected chi connectivity index (χ2v) is 7.24. The summed E-state index contributed by atoms with van der Waals surface area (Å²) in [6, 6.07) is 7.90. The molecule has 0 aliphatic heterocycles. The van der Waals surface area contributed by atoms with E-state index in [2.05, 4.69) is 13.0 Å². The molecule has 0 unspecified atom stereocenters. The molecular formula is C20H32OS. The van der Waals surface area contributed by atoms with Gasteiger partial charge in [-0.25, -0.2) is 0 Å². The lowest BCUT2D eigenvalue weighted by Gasteiger charge is -2.04. The molecule has 0 aromatic heterocycles. The zero-order chi connectivity index (χ0) is 15.9. The summed E-state index contributed by atoms with van der Waals surface area (Å²) in [5, 5.41) is 0. The molecule has 1 aromatic carbocycles. The summed E-state index contributed by atoms with van der Waals surface area (Å²) in [6.07, 6.45) is 16.2. The minimum atomic E-state index is 0.781. The molecule has 0 aliphatic rings. The van der Waals surface area contributed by atoms with Gasteiger partial charge in [-0.1, -0.05) is 83.3 Å². The van der Waals surface area contributed by atoms with Crippen molar-refractivity contribution in [1.82, 2.24) is 0 Å². The fourth-order valence-corrected chi connectivity index (χ4v) is 3.61. The van der Waals surface area contributed by atoms with Crippen LogP contribution in [0.4, 0.5) is 0 Å². The number of hydrogen-bond donors (Lipinski definition) is 0. The Morgan fingerprint density at radius 3 is 2.05 bits per heavy atom. The molecule has 0 fully saturated rings. The molecule has 0 N–H and O–H groups in total. The molecule has 0 heterocycles. The number of carbonyl (C=O) groups is 1. The molecule has 0 bridgehead atoms. The highest BCUT2D eigenvalue weighted by Gasteiger charge is 1.97. The first-order chi connectivity index (χ1) is 10.9. The zero-order valence-corrected chi connectivity index (χ0v) is 15.0. The minimum Gasteiger partial charge on any atom is -0.298 e. The van der Waals surface area contributed by atoms with Crippen LogP contribution >= 0.6 is 11.8 Å². The Morgan fingerprint density at radius 2 is 1.45 bits per heavy atom. The van der Waals surface area contributed by atoms with Gasteiger partial charge in [0.1, 0.15) is 6.29 Å². The van der Waals surface area contributed by atoms with Gasteiger partial charge in [-0.3, -0.25) is 4.79 Å². The van der Waals surface area contributed by atoms with Gasteiger partial charge in [-0.2, -0.15) is 0 Å². The third kappa shape index (κ3) is 10.0. The van der Waals surface area contributed by atoms with Crippen LogP contribution in [0.5, 0.6) is 0 Å². The van der Waals surface area contributed by atoms with E-state index in [1.165, 1.54) is 81.3 Å². The lowest BCUT2D eigenvalue weighted by Crippen LogP contribution is -1.85. The third-order valence-electron chi connectivity index (χ3n) is 4.01. The van der Waals surface area contributed by atoms with Crippen LogP contribution in [0.3, 0.4) is 0 Å². The predicted octanol–water partition coefficient (Wildman–Crippen LogP) is 6.90. The van der Waals surface area contributed by atoms with Crippen LogP contribution < -0.4 is 0 Å². The smallest absolute Gasteiger partial charge is 0.150 e. The topological polar surface area (TPSA) is 17.1 Å². The normalized spacial score (nSPS) is 10.8. The summed E-state index contributed by atoms with van der Waals surface area (Å²) in [6.45, 7) is 2.28. The Labute approximate surface area is 141 Å². The van der Waals surface area contributed by atoms with Crippen LogP contribution in [0.2, 0.25) is 0 Å². The summed E-state index contributed by atoms with van der Waals surface area (Å²) in [4.78, 5) is 11.9. The second-order valence-electron chi connectivity index (χ2n) is 6.07. The number of rotatable bonds is 14. The largest absolute Gasteiger partial charge is 0.298 e. The molecule has 1 nitrogen and oxygen atoms in total. The highest BCUT2D eigenvalue weighted by atomic mass is 32.2. The molecule has 0 saturated carbocycles. The van der Waals surface area contributed by atoms with Crippen LogP contribution in [-0.2, 0) is 0 Å². The Kier molecular flexibility index (Phi) is 12.2. The Bertz CT molecular complexity index is 389. The monoisotopic (exact) mass is 320 g/mol. The summed E-state index contributed by atoms with van der Waals surface area (Å²) in [5.41, 5.74) is 0.781. The highest BCUT2D eigenvalue weighted by Crippen LogP contribution is 2.20. The van der Waals surface area contributed by atoms with Gasteiger partial charge in [-0.05, 0) is 24.3 Å². The molecule has 0 radical (unpaired) electrons. The molecular weight excluding hydrogens is 288 g/mol. The Morgan fingerprint density at radius 1 is 0.864 bits per heavy atom. The quantitative estimate of drug-likeness (QED) is 0.211. The number of carbonyl (C=O) groups excluding carboxylic acids is 1. The van der Waals surface area contributed by atoms with Crippen LogP contribution in [0.15, 0.2) is 29.2 Å². The van der Waals surface area contributed by atoms with Crippen LogP contribution in [0, 0.1) is 0 Å². The molecule has 22 heavy (non-hydrogen) atoms. The van der Waals surface area contributed by atoms with E-state index in [9.17, 15) is 4.79 Å². The first-order valence-corrected chi connectivity index (χ1v) is 10.0. The van der Waals surface area contributed by atoms with Gasteiger partial charge >= 0.3 is 0 Å². The third-order valence-corrected chi connectivity index (χ3v) is 5.09. The van der Waals surface area contributed by atoms with Crippen molar-refractivity contribution in [3.8, 4) is 0 Å². The van der Waals surface area contributed by atoms with Crippen molar-refractivity contribution < 1.29 is 4.79 Å². The van der Waals surface area contributed by atoms with Crippen molar-refractivity contribution in [2.75, 3.05) is 5.75 Å². The highest BCUT2D eigenvalue weighted by molar-refractivity contribution is 7.99. The van der Waals surface area contributed by atoms with Gasteiger partial charge < -0.3 is 0 Å². The van der Waals surface area contributed by atoms with Gasteiger partial charge in [0, 0.05) is 10.5 Å². The summed E-state index contributed by atoms with van der Waals surface area (Å²) in [7, 11) is 0. The maximum Gasteiger partial charge on any atom is 0.150 e. The molecule has 0 amide bonds. The van der Waals surface area contributed by atoms with Crippen molar-refractivity contribution in [1.29, 1.82) is 0 Å². The molecule has 0 spiro atoms. The van der Waals surface area contributed by atoms with Crippen molar-refractivity contribution >= 4 is 18.0 Å². The molecule has 2 heteroatoms. The lowest BCUT2D eigenvalue weighted by atomic mass is 10.1. The number of unbranched alkanes of at least 4 members (excludes halogenated alkanes) is 10. The van der Waals surface area contributed by atoms with E-state index in [1.807, 2.05) is 30.0 Å². The molecule has 1 rings (SSSR count). The standard InChI is InChI=1S/C20H32OS/c1-2-3-4-5-6-7-8-9-10-11-12-16-22-20-15-13-14-19(17-20)18-21/h13-15,17-18H,2-12,16H2,1H3. The number of aldehydes is 1. The number of hydrogen-bond acceptors (Lipinski definition) is 2. The van der Waals surface area contributed by atoms with Crippen molar-refractivity contribution in [3.63, 3.8) is 0 Å². The van der Waals surface area contributed by atoms with E-state index < -0.39 is 0 Å². The maximum atomic E-state index is 10.7. The van der Waals surface area contributed by atoms with Crippen molar-refractivity contribution in [2.24, 2.45) is 0 Å². The lowest BCUT2D eigenvalue weighted by molar-refractivity contribution is 0.112. The average Bonchev–Trinajstić information content (AvgIpc) is 2.56. The first kappa shape index (κ1) is 19.3. The molecule has 124 valence electrons. The molecule has 0 atom stereocenters. The minimum absolute atomic E-state index is 0.781. The average molecular weight is 321 g/mol. The first-order valence-electron chi connectivity index (χ1n) is 9.05. The Balaban J connectivity index is 1.88. The van der Waals surface area contributed by atoms with Gasteiger partial charge in [0.05, 0.1) is 0 Å². The van der Waals surface area contributed by atoms with E-state index in [0.29, 0.717) is 0 Å². The summed E-state index contributed by atoms with van der Waals surface area (Å²) in [5.74, 6) is 1.17. The fraction of sp³-hybridized carbons (Fsp3) is 0.650. The van der Waals surface area contributed by atoms with Gasteiger partial charge in [0.25, 0.3) is 0 Å². The Hall–Kier alpha value is -0.760. The number of thioether (sulfide) groups is 1. The van der Waals surface area contributed by atoms with E-state index >= 15 is 0 Å².